The molecule has 0 aromatic heterocycles. The lowest BCUT2D eigenvalue weighted by molar-refractivity contribution is -0.135. The summed E-state index contributed by atoms with van der Waals surface area (Å²) >= 11 is 6.15. The smallest absolute Gasteiger partial charge is 0.320 e. The summed E-state index contributed by atoms with van der Waals surface area (Å²) in [4.78, 5) is 29.8. The molecule has 0 unspecified atom stereocenters. The van der Waals surface area contributed by atoms with Crippen molar-refractivity contribution >= 4 is 23.5 Å². The topological polar surface area (TPSA) is 53.1 Å². The highest BCUT2D eigenvalue weighted by Crippen LogP contribution is 2.20. The molecule has 23 heavy (non-hydrogen) atoms. The van der Waals surface area contributed by atoms with E-state index in [1.54, 1.807) is 14.7 Å². The van der Waals surface area contributed by atoms with Crippen molar-refractivity contribution in [1.29, 1.82) is 0 Å². The number of hydrogen-bond donors (Lipinski definition) is 0. The number of nitrogens with zero attached hydrogens (tertiary/aromatic N) is 3. The van der Waals surface area contributed by atoms with Crippen LogP contribution in [-0.2, 0) is 16.1 Å². The van der Waals surface area contributed by atoms with Crippen LogP contribution in [0.15, 0.2) is 24.3 Å². The van der Waals surface area contributed by atoms with Crippen molar-refractivity contribution in [3.63, 3.8) is 0 Å². The van der Waals surface area contributed by atoms with Gasteiger partial charge in [-0.2, -0.15) is 0 Å². The highest BCUT2D eigenvalue weighted by Gasteiger charge is 2.31. The zero-order valence-corrected chi connectivity index (χ0v) is 13.7. The number of carbonyl (C=O) groups excluding carboxylic acids is 2. The van der Waals surface area contributed by atoms with E-state index in [4.69, 9.17) is 16.3 Å². The molecule has 3 rings (SSSR count). The van der Waals surface area contributed by atoms with E-state index in [1.165, 1.54) is 0 Å². The molecule has 3 amide bonds. The van der Waals surface area contributed by atoms with Gasteiger partial charge in [0.2, 0.25) is 5.91 Å². The van der Waals surface area contributed by atoms with Gasteiger partial charge in [0.25, 0.3) is 0 Å². The maximum Gasteiger partial charge on any atom is 0.320 e. The van der Waals surface area contributed by atoms with Crippen LogP contribution in [0.4, 0.5) is 4.79 Å². The number of benzene rings is 1. The molecule has 0 spiro atoms. The van der Waals surface area contributed by atoms with Gasteiger partial charge in [-0.25, -0.2) is 4.79 Å². The third kappa shape index (κ3) is 3.76. The van der Waals surface area contributed by atoms with Gasteiger partial charge in [0.15, 0.2) is 0 Å². The predicted octanol–water partition coefficient (Wildman–Crippen LogP) is 1.44. The highest BCUT2D eigenvalue weighted by molar-refractivity contribution is 6.31. The summed E-state index contributed by atoms with van der Waals surface area (Å²) in [5.74, 6) is -0.0127. The monoisotopic (exact) mass is 337 g/mol. The molecule has 2 fully saturated rings. The molecule has 124 valence electrons. The Bertz CT molecular complexity index is 590. The van der Waals surface area contributed by atoms with Gasteiger partial charge < -0.3 is 19.4 Å². The molecule has 1 aromatic carbocycles. The predicted molar refractivity (Wildman–Crippen MR) is 86.2 cm³/mol. The number of rotatable bonds is 4. The van der Waals surface area contributed by atoms with Crippen molar-refractivity contribution < 1.29 is 14.3 Å². The number of halogens is 1. The van der Waals surface area contributed by atoms with Gasteiger partial charge in [0.1, 0.15) is 6.54 Å². The van der Waals surface area contributed by atoms with E-state index in [1.807, 2.05) is 24.3 Å². The number of amides is 3. The quantitative estimate of drug-likeness (QED) is 0.835. The van der Waals surface area contributed by atoms with E-state index >= 15 is 0 Å². The molecule has 0 bridgehead atoms. The minimum atomic E-state index is -0.105. The molecule has 2 saturated heterocycles. The summed E-state index contributed by atoms with van der Waals surface area (Å²) in [6.45, 7) is 4.13. The zero-order valence-electron chi connectivity index (χ0n) is 12.9. The lowest BCUT2D eigenvalue weighted by Crippen LogP contribution is -2.46. The average molecular weight is 338 g/mol. The van der Waals surface area contributed by atoms with Crippen LogP contribution in [0, 0.1) is 0 Å². The molecule has 1 aromatic rings. The van der Waals surface area contributed by atoms with Crippen LogP contribution >= 0.6 is 11.6 Å². The second kappa shape index (κ2) is 7.19. The second-order valence-electron chi connectivity index (χ2n) is 5.71. The summed E-state index contributed by atoms with van der Waals surface area (Å²) < 4.78 is 5.24. The van der Waals surface area contributed by atoms with Crippen molar-refractivity contribution in [3.8, 4) is 0 Å². The molecule has 0 saturated carbocycles. The van der Waals surface area contributed by atoms with Gasteiger partial charge in [-0.1, -0.05) is 29.8 Å². The summed E-state index contributed by atoms with van der Waals surface area (Å²) in [6.07, 6.45) is 0. The number of hydrogen-bond acceptors (Lipinski definition) is 3. The minimum Gasteiger partial charge on any atom is -0.378 e. The van der Waals surface area contributed by atoms with Gasteiger partial charge in [-0.15, -0.1) is 0 Å². The first-order valence-corrected chi connectivity index (χ1v) is 8.16. The highest BCUT2D eigenvalue weighted by atomic mass is 35.5. The van der Waals surface area contributed by atoms with Gasteiger partial charge in [-0.05, 0) is 11.6 Å². The molecule has 0 N–H and O–H groups in total. The van der Waals surface area contributed by atoms with Crippen LogP contribution in [0.2, 0.25) is 5.02 Å². The third-order valence-corrected chi connectivity index (χ3v) is 4.56. The fourth-order valence-electron chi connectivity index (χ4n) is 2.83. The van der Waals surface area contributed by atoms with E-state index in [0.717, 1.165) is 5.56 Å². The number of urea groups is 1. The largest absolute Gasteiger partial charge is 0.378 e. The Morgan fingerprint density at radius 1 is 1.09 bits per heavy atom. The Morgan fingerprint density at radius 3 is 2.52 bits per heavy atom. The second-order valence-corrected chi connectivity index (χ2v) is 6.12. The first kappa shape index (κ1) is 16.1. The molecular weight excluding hydrogens is 318 g/mol. The van der Waals surface area contributed by atoms with E-state index in [9.17, 15) is 9.59 Å². The number of ether oxygens (including phenoxy) is 1. The molecule has 2 heterocycles. The lowest BCUT2D eigenvalue weighted by Gasteiger charge is -2.28. The van der Waals surface area contributed by atoms with Gasteiger partial charge in [0, 0.05) is 37.7 Å². The van der Waals surface area contributed by atoms with Crippen molar-refractivity contribution in [1.82, 2.24) is 14.7 Å². The van der Waals surface area contributed by atoms with E-state index in [2.05, 4.69) is 0 Å². The van der Waals surface area contributed by atoms with Gasteiger partial charge >= 0.3 is 6.03 Å². The molecular formula is C16H20ClN3O3. The molecule has 6 nitrogen and oxygen atoms in total. The lowest BCUT2D eigenvalue weighted by atomic mass is 10.2. The van der Waals surface area contributed by atoms with Crippen LogP contribution in [0.3, 0.4) is 0 Å². The summed E-state index contributed by atoms with van der Waals surface area (Å²) in [7, 11) is 0. The van der Waals surface area contributed by atoms with E-state index in [0.29, 0.717) is 51.0 Å². The van der Waals surface area contributed by atoms with Crippen LogP contribution < -0.4 is 0 Å². The normalized spacial score (nSPS) is 18.7. The maximum atomic E-state index is 12.5. The van der Waals surface area contributed by atoms with Crippen LogP contribution in [0.1, 0.15) is 5.56 Å². The first-order chi connectivity index (χ1) is 11.1. The minimum absolute atomic E-state index is 0.0127. The summed E-state index contributed by atoms with van der Waals surface area (Å²) in [6, 6.07) is 7.40. The van der Waals surface area contributed by atoms with E-state index in [-0.39, 0.29) is 18.5 Å². The first-order valence-electron chi connectivity index (χ1n) is 7.78. The van der Waals surface area contributed by atoms with Crippen LogP contribution in [-0.4, -0.2) is 72.6 Å². The molecule has 7 heteroatoms. The molecule has 2 aliphatic rings. The van der Waals surface area contributed by atoms with Crippen molar-refractivity contribution in [2.24, 2.45) is 0 Å². The standard InChI is InChI=1S/C16H20ClN3O3/c17-14-4-2-1-3-13(14)11-19-5-6-20(16(19)22)12-15(21)18-7-9-23-10-8-18/h1-4H,5-12H2. The summed E-state index contributed by atoms with van der Waals surface area (Å²) in [5, 5.41) is 0.656. The summed E-state index contributed by atoms with van der Waals surface area (Å²) in [5.41, 5.74) is 0.920. The Balaban J connectivity index is 1.56. The van der Waals surface area contributed by atoms with Crippen molar-refractivity contribution in [2.75, 3.05) is 45.9 Å². The van der Waals surface area contributed by atoms with Gasteiger partial charge in [-0.3, -0.25) is 4.79 Å². The number of carbonyl (C=O) groups is 2. The molecule has 2 aliphatic heterocycles. The molecule has 0 radical (unpaired) electrons. The van der Waals surface area contributed by atoms with E-state index < -0.39 is 0 Å². The Kier molecular flexibility index (Phi) is 5.03. The molecule has 0 atom stereocenters. The number of morpholine rings is 1. The van der Waals surface area contributed by atoms with Crippen LogP contribution in [0.25, 0.3) is 0 Å². The molecule has 0 aliphatic carbocycles. The van der Waals surface area contributed by atoms with Crippen molar-refractivity contribution in [3.05, 3.63) is 34.9 Å². The van der Waals surface area contributed by atoms with Gasteiger partial charge in [0.05, 0.1) is 13.2 Å². The average Bonchev–Trinajstić information content (AvgIpc) is 2.91. The zero-order chi connectivity index (χ0) is 16.2. The Labute approximate surface area is 140 Å². The SMILES string of the molecule is O=C(CN1CCN(Cc2ccccc2Cl)C1=O)N1CCOCC1. The fourth-order valence-corrected chi connectivity index (χ4v) is 3.03. The fraction of sp³-hybridized carbons (Fsp3) is 0.500. The van der Waals surface area contributed by atoms with Crippen LogP contribution in [0.5, 0.6) is 0 Å². The Morgan fingerprint density at radius 2 is 1.78 bits per heavy atom. The maximum absolute atomic E-state index is 12.5. The third-order valence-electron chi connectivity index (χ3n) is 4.19. The van der Waals surface area contributed by atoms with Crippen molar-refractivity contribution in [2.45, 2.75) is 6.54 Å². The Hall–Kier alpha value is -1.79.